The molecule has 2 unspecified atom stereocenters. The number of hydrogen-bond donors (Lipinski definition) is 1. The molecule has 102 valence electrons. The molecule has 3 rings (SSSR count). The zero-order valence-electron chi connectivity index (χ0n) is 11.5. The van der Waals surface area contributed by atoms with E-state index in [2.05, 4.69) is 41.5 Å². The standard InChI is InChI=1S/C16H22N2S/c1-2-12-7-8-18(10-12)15(9-17)14-11-19-16-6-4-3-5-13(14)16/h3-6,11-12,15H,2,7-10,17H2,1H3. The molecule has 2 nitrogen and oxygen atoms in total. The molecule has 19 heavy (non-hydrogen) atoms. The SMILES string of the molecule is CCC1CCN(C(CN)c2csc3ccccc23)C1. The fourth-order valence-electron chi connectivity index (χ4n) is 3.21. The van der Waals surface area contributed by atoms with Gasteiger partial charge < -0.3 is 5.73 Å². The van der Waals surface area contributed by atoms with Crippen LogP contribution >= 0.6 is 11.3 Å². The monoisotopic (exact) mass is 274 g/mol. The Morgan fingerprint density at radius 3 is 3.00 bits per heavy atom. The molecule has 1 aliphatic rings. The van der Waals surface area contributed by atoms with E-state index in [1.165, 1.54) is 41.6 Å². The third-order valence-corrected chi connectivity index (χ3v) is 5.41. The summed E-state index contributed by atoms with van der Waals surface area (Å²) in [5.41, 5.74) is 7.52. The second-order valence-electron chi connectivity index (χ2n) is 5.50. The molecule has 0 bridgehead atoms. The summed E-state index contributed by atoms with van der Waals surface area (Å²) in [6.45, 7) is 5.43. The van der Waals surface area contributed by atoms with Gasteiger partial charge in [-0.05, 0) is 41.3 Å². The third kappa shape index (κ3) is 2.42. The molecule has 1 fully saturated rings. The lowest BCUT2D eigenvalue weighted by molar-refractivity contribution is 0.242. The quantitative estimate of drug-likeness (QED) is 0.922. The molecule has 3 heteroatoms. The normalized spacial score (nSPS) is 22.1. The Balaban J connectivity index is 1.90. The van der Waals surface area contributed by atoms with E-state index in [-0.39, 0.29) is 0 Å². The summed E-state index contributed by atoms with van der Waals surface area (Å²) >= 11 is 1.84. The van der Waals surface area contributed by atoms with Crippen molar-refractivity contribution in [2.45, 2.75) is 25.8 Å². The molecular formula is C16H22N2S. The fraction of sp³-hybridized carbons (Fsp3) is 0.500. The van der Waals surface area contributed by atoms with Crippen LogP contribution in [0.15, 0.2) is 29.6 Å². The minimum Gasteiger partial charge on any atom is -0.329 e. The van der Waals surface area contributed by atoms with Crippen LogP contribution in [-0.2, 0) is 0 Å². The predicted molar refractivity (Wildman–Crippen MR) is 83.6 cm³/mol. The lowest BCUT2D eigenvalue weighted by Gasteiger charge is -2.26. The zero-order valence-corrected chi connectivity index (χ0v) is 12.3. The highest BCUT2D eigenvalue weighted by atomic mass is 32.1. The van der Waals surface area contributed by atoms with Crippen LogP contribution < -0.4 is 5.73 Å². The summed E-state index contributed by atoms with van der Waals surface area (Å²) in [5, 5.41) is 3.70. The Morgan fingerprint density at radius 1 is 1.42 bits per heavy atom. The van der Waals surface area contributed by atoms with Crippen molar-refractivity contribution in [2.75, 3.05) is 19.6 Å². The van der Waals surface area contributed by atoms with Crippen LogP contribution in [-0.4, -0.2) is 24.5 Å². The van der Waals surface area contributed by atoms with Crippen LogP contribution in [0.5, 0.6) is 0 Å². The number of nitrogens with two attached hydrogens (primary N) is 1. The molecule has 0 spiro atoms. The molecule has 0 saturated carbocycles. The summed E-state index contributed by atoms with van der Waals surface area (Å²) in [4.78, 5) is 2.59. The molecule has 2 atom stereocenters. The van der Waals surface area contributed by atoms with E-state index < -0.39 is 0 Å². The number of thiophene rings is 1. The summed E-state index contributed by atoms with van der Waals surface area (Å²) in [6, 6.07) is 9.08. The molecule has 2 heterocycles. The van der Waals surface area contributed by atoms with Crippen molar-refractivity contribution >= 4 is 21.4 Å². The maximum atomic E-state index is 6.08. The van der Waals surface area contributed by atoms with Crippen molar-refractivity contribution in [3.63, 3.8) is 0 Å². The van der Waals surface area contributed by atoms with Crippen molar-refractivity contribution in [3.8, 4) is 0 Å². The lowest BCUT2D eigenvalue weighted by atomic mass is 10.0. The van der Waals surface area contributed by atoms with Crippen LogP contribution in [0.3, 0.4) is 0 Å². The van der Waals surface area contributed by atoms with Gasteiger partial charge in [0.2, 0.25) is 0 Å². The summed E-state index contributed by atoms with van der Waals surface area (Å²) in [6.07, 6.45) is 2.62. The Labute approximate surface area is 119 Å². The second kappa shape index (κ2) is 5.61. The molecule has 0 amide bonds. The topological polar surface area (TPSA) is 29.3 Å². The molecule has 2 N–H and O–H groups in total. The van der Waals surface area contributed by atoms with Crippen molar-refractivity contribution in [3.05, 3.63) is 35.2 Å². The van der Waals surface area contributed by atoms with E-state index in [0.717, 1.165) is 12.5 Å². The van der Waals surface area contributed by atoms with Crippen molar-refractivity contribution in [2.24, 2.45) is 11.7 Å². The van der Waals surface area contributed by atoms with Gasteiger partial charge in [-0.1, -0.05) is 31.5 Å². The van der Waals surface area contributed by atoms with E-state index >= 15 is 0 Å². The van der Waals surface area contributed by atoms with Gasteiger partial charge in [0.15, 0.2) is 0 Å². The third-order valence-electron chi connectivity index (χ3n) is 4.43. The molecule has 1 saturated heterocycles. The van der Waals surface area contributed by atoms with Gasteiger partial charge in [0.05, 0.1) is 0 Å². The van der Waals surface area contributed by atoms with Crippen LogP contribution in [0.4, 0.5) is 0 Å². The minimum absolute atomic E-state index is 0.396. The van der Waals surface area contributed by atoms with Crippen LogP contribution in [0.25, 0.3) is 10.1 Å². The van der Waals surface area contributed by atoms with E-state index in [1.807, 2.05) is 11.3 Å². The van der Waals surface area contributed by atoms with Gasteiger partial charge in [0.25, 0.3) is 0 Å². The number of benzene rings is 1. The second-order valence-corrected chi connectivity index (χ2v) is 6.41. The molecule has 1 aliphatic heterocycles. The molecule has 2 aromatic rings. The van der Waals surface area contributed by atoms with E-state index in [1.54, 1.807) is 0 Å². The fourth-order valence-corrected chi connectivity index (χ4v) is 4.22. The zero-order chi connectivity index (χ0) is 13.2. The van der Waals surface area contributed by atoms with Crippen LogP contribution in [0.1, 0.15) is 31.4 Å². The Kier molecular flexibility index (Phi) is 3.87. The highest BCUT2D eigenvalue weighted by molar-refractivity contribution is 7.17. The average Bonchev–Trinajstić information content (AvgIpc) is 3.07. The van der Waals surface area contributed by atoms with Crippen molar-refractivity contribution in [1.29, 1.82) is 0 Å². The molecular weight excluding hydrogens is 252 g/mol. The first kappa shape index (κ1) is 13.1. The largest absolute Gasteiger partial charge is 0.329 e. The lowest BCUT2D eigenvalue weighted by Crippen LogP contribution is -2.31. The molecule has 0 radical (unpaired) electrons. The number of nitrogens with zero attached hydrogens (tertiary/aromatic N) is 1. The van der Waals surface area contributed by atoms with E-state index in [0.29, 0.717) is 6.04 Å². The smallest absolute Gasteiger partial charge is 0.0484 e. The first-order valence-corrected chi connectivity index (χ1v) is 8.11. The Morgan fingerprint density at radius 2 is 2.26 bits per heavy atom. The summed E-state index contributed by atoms with van der Waals surface area (Å²) < 4.78 is 1.38. The van der Waals surface area contributed by atoms with Gasteiger partial charge in [-0.2, -0.15) is 0 Å². The van der Waals surface area contributed by atoms with Crippen molar-refractivity contribution < 1.29 is 0 Å². The van der Waals surface area contributed by atoms with Crippen molar-refractivity contribution in [1.82, 2.24) is 4.90 Å². The van der Waals surface area contributed by atoms with E-state index in [9.17, 15) is 0 Å². The number of fused-ring (bicyclic) bond motifs is 1. The van der Waals surface area contributed by atoms with E-state index in [4.69, 9.17) is 5.73 Å². The Bertz CT molecular complexity index is 548. The van der Waals surface area contributed by atoms with Crippen LogP contribution in [0.2, 0.25) is 0 Å². The van der Waals surface area contributed by atoms with Gasteiger partial charge >= 0.3 is 0 Å². The summed E-state index contributed by atoms with van der Waals surface area (Å²) in [5.74, 6) is 0.860. The van der Waals surface area contributed by atoms with Gasteiger partial charge in [-0.25, -0.2) is 0 Å². The first-order valence-electron chi connectivity index (χ1n) is 7.23. The highest BCUT2D eigenvalue weighted by Gasteiger charge is 2.28. The molecule has 1 aromatic heterocycles. The Hall–Kier alpha value is -0.900. The molecule has 0 aliphatic carbocycles. The van der Waals surface area contributed by atoms with Gasteiger partial charge in [-0.3, -0.25) is 4.90 Å². The first-order chi connectivity index (χ1) is 9.33. The predicted octanol–water partition coefficient (Wildman–Crippen LogP) is 3.63. The summed E-state index contributed by atoms with van der Waals surface area (Å²) in [7, 11) is 0. The van der Waals surface area contributed by atoms with Gasteiger partial charge in [-0.15, -0.1) is 11.3 Å². The highest BCUT2D eigenvalue weighted by Crippen LogP contribution is 2.35. The minimum atomic E-state index is 0.396. The molecule has 1 aromatic carbocycles. The maximum Gasteiger partial charge on any atom is 0.0484 e. The number of rotatable bonds is 4. The van der Waals surface area contributed by atoms with Gasteiger partial charge in [0.1, 0.15) is 0 Å². The number of hydrogen-bond acceptors (Lipinski definition) is 3. The number of likely N-dealkylation sites (tertiary alicyclic amines) is 1. The average molecular weight is 274 g/mol. The van der Waals surface area contributed by atoms with Gasteiger partial charge in [0, 0.05) is 23.8 Å². The van der Waals surface area contributed by atoms with Crippen LogP contribution in [0, 0.1) is 5.92 Å². The maximum absolute atomic E-state index is 6.08.